The average Bonchev–Trinajstić information content (AvgIpc) is 2.84. The first-order valence-corrected chi connectivity index (χ1v) is 8.00. The van der Waals surface area contributed by atoms with Crippen LogP contribution in [0.1, 0.15) is 11.5 Å². The van der Waals surface area contributed by atoms with Gasteiger partial charge >= 0.3 is 0 Å². The highest BCUT2D eigenvalue weighted by Crippen LogP contribution is 2.22. The van der Waals surface area contributed by atoms with Crippen LogP contribution in [0.25, 0.3) is 0 Å². The van der Waals surface area contributed by atoms with Crippen LogP contribution in [-0.4, -0.2) is 73.6 Å². The summed E-state index contributed by atoms with van der Waals surface area (Å²) in [5.41, 5.74) is 1.16. The van der Waals surface area contributed by atoms with E-state index in [9.17, 15) is 9.59 Å². The van der Waals surface area contributed by atoms with Crippen molar-refractivity contribution in [2.45, 2.75) is 5.92 Å². The van der Waals surface area contributed by atoms with E-state index in [1.807, 2.05) is 30.3 Å². The van der Waals surface area contributed by atoms with Crippen LogP contribution in [0.5, 0.6) is 0 Å². The zero-order valence-corrected chi connectivity index (χ0v) is 13.4. The normalized spacial score (nSPS) is 25.1. The zero-order chi connectivity index (χ0) is 16.2. The van der Waals surface area contributed by atoms with Gasteiger partial charge in [0, 0.05) is 32.7 Å². The maximum atomic E-state index is 12.1. The number of hydrogen-bond donors (Lipinski definition) is 1. The third-order valence-electron chi connectivity index (χ3n) is 4.43. The van der Waals surface area contributed by atoms with Crippen LogP contribution in [0.2, 0.25) is 0 Å². The summed E-state index contributed by atoms with van der Waals surface area (Å²) in [6, 6.07) is 9.35. The van der Waals surface area contributed by atoms with Crippen LogP contribution in [0, 0.1) is 0 Å². The summed E-state index contributed by atoms with van der Waals surface area (Å²) in [7, 11) is 2.12. The second kappa shape index (κ2) is 7.02. The van der Waals surface area contributed by atoms with Gasteiger partial charge in [0.2, 0.25) is 5.91 Å². The van der Waals surface area contributed by atoms with Gasteiger partial charge in [-0.05, 0) is 12.6 Å². The minimum absolute atomic E-state index is 0.278. The van der Waals surface area contributed by atoms with E-state index in [0.29, 0.717) is 12.3 Å². The Morgan fingerprint density at radius 2 is 1.83 bits per heavy atom. The van der Waals surface area contributed by atoms with Crippen molar-refractivity contribution in [1.29, 1.82) is 0 Å². The minimum Gasteiger partial charge on any atom is -0.304 e. The van der Waals surface area contributed by atoms with Gasteiger partial charge in [-0.25, -0.2) is 0 Å². The first-order valence-electron chi connectivity index (χ1n) is 8.00. The number of carbonyl (C=O) groups is 2. The van der Waals surface area contributed by atoms with Gasteiger partial charge in [0.1, 0.15) is 11.6 Å². The largest absolute Gasteiger partial charge is 0.304 e. The Labute approximate surface area is 136 Å². The highest BCUT2D eigenvalue weighted by atomic mass is 16.2. The topological polar surface area (TPSA) is 65.0 Å². The van der Waals surface area contributed by atoms with Crippen molar-refractivity contribution in [3.63, 3.8) is 0 Å². The number of aliphatic imine (C=N–C) groups is 1. The molecule has 2 fully saturated rings. The van der Waals surface area contributed by atoms with Gasteiger partial charge in [-0.15, -0.1) is 0 Å². The summed E-state index contributed by atoms with van der Waals surface area (Å²) in [6.45, 7) is 5.52. The Kier molecular flexibility index (Phi) is 4.83. The van der Waals surface area contributed by atoms with E-state index in [1.54, 1.807) is 0 Å². The highest BCUT2D eigenvalue weighted by molar-refractivity contribution is 6.52. The third-order valence-corrected chi connectivity index (χ3v) is 4.43. The molecule has 2 saturated heterocycles. The molecule has 2 aliphatic heterocycles. The lowest BCUT2D eigenvalue weighted by Crippen LogP contribution is -2.45. The Morgan fingerprint density at radius 3 is 2.52 bits per heavy atom. The van der Waals surface area contributed by atoms with Crippen LogP contribution in [0.4, 0.5) is 0 Å². The highest BCUT2D eigenvalue weighted by Gasteiger charge is 2.38. The van der Waals surface area contributed by atoms with E-state index in [1.165, 1.54) is 0 Å². The molecule has 0 aliphatic carbocycles. The van der Waals surface area contributed by atoms with Crippen molar-refractivity contribution in [3.8, 4) is 0 Å². The van der Waals surface area contributed by atoms with Crippen molar-refractivity contribution in [2.75, 3.05) is 46.3 Å². The van der Waals surface area contributed by atoms with Gasteiger partial charge in [-0.3, -0.25) is 24.8 Å². The predicted molar refractivity (Wildman–Crippen MR) is 88.6 cm³/mol. The fourth-order valence-corrected chi connectivity index (χ4v) is 3.00. The SMILES string of the molecule is CN1CCN(CCN=C2C(=O)NC(=O)C2c2ccccc2)CC1. The first-order chi connectivity index (χ1) is 11.1. The van der Waals surface area contributed by atoms with Crippen molar-refractivity contribution in [2.24, 2.45) is 4.99 Å². The summed E-state index contributed by atoms with van der Waals surface area (Å²) >= 11 is 0. The van der Waals surface area contributed by atoms with E-state index >= 15 is 0 Å². The lowest BCUT2D eigenvalue weighted by atomic mass is 9.96. The standard InChI is InChI=1S/C17H22N4O2/c1-20-9-11-21(12-10-20)8-7-18-15-14(16(22)19-17(15)23)13-5-3-2-4-6-13/h2-6,14H,7-12H2,1H3,(H,19,22,23). The third kappa shape index (κ3) is 3.65. The number of imide groups is 1. The van der Waals surface area contributed by atoms with E-state index in [0.717, 1.165) is 38.3 Å². The smallest absolute Gasteiger partial charge is 0.272 e. The van der Waals surface area contributed by atoms with Gasteiger partial charge in [0.15, 0.2) is 0 Å². The number of likely N-dealkylation sites (N-methyl/N-ethyl adjacent to an activating group) is 1. The number of hydrogen-bond acceptors (Lipinski definition) is 5. The van der Waals surface area contributed by atoms with Crippen LogP contribution in [0.3, 0.4) is 0 Å². The molecule has 122 valence electrons. The molecule has 0 spiro atoms. The fourth-order valence-electron chi connectivity index (χ4n) is 3.00. The number of carbonyl (C=O) groups excluding carboxylic acids is 2. The summed E-state index contributed by atoms with van der Waals surface area (Å²) in [5.74, 6) is -1.21. The van der Waals surface area contributed by atoms with Gasteiger partial charge in [-0.1, -0.05) is 30.3 Å². The molecule has 0 radical (unpaired) electrons. The summed E-state index contributed by atoms with van der Waals surface area (Å²) < 4.78 is 0. The maximum Gasteiger partial charge on any atom is 0.272 e. The zero-order valence-electron chi connectivity index (χ0n) is 13.4. The molecule has 1 atom stereocenters. The maximum absolute atomic E-state index is 12.1. The number of benzene rings is 1. The monoisotopic (exact) mass is 314 g/mol. The first kappa shape index (κ1) is 15.8. The summed E-state index contributed by atoms with van der Waals surface area (Å²) in [5, 5.41) is 2.38. The molecular formula is C17H22N4O2. The lowest BCUT2D eigenvalue weighted by molar-refractivity contribution is -0.124. The molecule has 23 heavy (non-hydrogen) atoms. The molecule has 0 aromatic heterocycles. The molecule has 0 saturated carbocycles. The molecule has 2 heterocycles. The molecular weight excluding hydrogens is 292 g/mol. The molecule has 6 nitrogen and oxygen atoms in total. The van der Waals surface area contributed by atoms with Gasteiger partial charge in [-0.2, -0.15) is 0 Å². The predicted octanol–water partition coefficient (Wildman–Crippen LogP) is 0.115. The average molecular weight is 314 g/mol. The van der Waals surface area contributed by atoms with E-state index in [-0.39, 0.29) is 11.8 Å². The van der Waals surface area contributed by atoms with Crippen LogP contribution >= 0.6 is 0 Å². The van der Waals surface area contributed by atoms with Gasteiger partial charge < -0.3 is 4.90 Å². The summed E-state index contributed by atoms with van der Waals surface area (Å²) in [4.78, 5) is 33.2. The van der Waals surface area contributed by atoms with Crippen molar-refractivity contribution >= 4 is 17.5 Å². The molecule has 1 aromatic carbocycles. The molecule has 2 amide bonds. The second-order valence-corrected chi connectivity index (χ2v) is 6.07. The Morgan fingerprint density at radius 1 is 1.13 bits per heavy atom. The second-order valence-electron chi connectivity index (χ2n) is 6.07. The molecule has 1 aromatic rings. The van der Waals surface area contributed by atoms with Crippen LogP contribution in [-0.2, 0) is 9.59 Å². The number of rotatable bonds is 4. The number of piperazine rings is 1. The lowest BCUT2D eigenvalue weighted by Gasteiger charge is -2.31. The number of nitrogens with zero attached hydrogens (tertiary/aromatic N) is 3. The number of nitrogens with one attached hydrogen (secondary N) is 1. The molecule has 0 bridgehead atoms. The van der Waals surface area contributed by atoms with Gasteiger partial charge in [0.05, 0.1) is 6.54 Å². The molecule has 3 rings (SSSR count). The van der Waals surface area contributed by atoms with Crippen molar-refractivity contribution < 1.29 is 9.59 Å². The summed E-state index contributed by atoms with van der Waals surface area (Å²) in [6.07, 6.45) is 0. The van der Waals surface area contributed by atoms with Gasteiger partial charge in [0.25, 0.3) is 5.91 Å². The van der Waals surface area contributed by atoms with Crippen molar-refractivity contribution in [3.05, 3.63) is 35.9 Å². The van der Waals surface area contributed by atoms with Crippen LogP contribution < -0.4 is 5.32 Å². The van der Waals surface area contributed by atoms with E-state index < -0.39 is 5.92 Å². The van der Waals surface area contributed by atoms with Crippen LogP contribution in [0.15, 0.2) is 35.3 Å². The molecule has 6 heteroatoms. The Balaban J connectivity index is 1.66. The Hall–Kier alpha value is -2.05. The number of amides is 2. The Bertz CT molecular complexity index is 606. The quantitative estimate of drug-likeness (QED) is 0.802. The van der Waals surface area contributed by atoms with E-state index in [2.05, 4.69) is 27.2 Å². The molecule has 1 unspecified atom stereocenters. The molecule has 2 aliphatic rings. The van der Waals surface area contributed by atoms with E-state index in [4.69, 9.17) is 0 Å². The fraction of sp³-hybridized carbons (Fsp3) is 0.471. The molecule has 1 N–H and O–H groups in total. The van der Waals surface area contributed by atoms with Crippen molar-refractivity contribution in [1.82, 2.24) is 15.1 Å². The minimum atomic E-state index is -0.573.